The van der Waals surface area contributed by atoms with E-state index in [2.05, 4.69) is 19.2 Å². The summed E-state index contributed by atoms with van der Waals surface area (Å²) in [6.07, 6.45) is 3.02. The van der Waals surface area contributed by atoms with Crippen molar-refractivity contribution in [2.45, 2.75) is 40.5 Å². The van der Waals surface area contributed by atoms with Gasteiger partial charge in [-0.1, -0.05) is 20.8 Å². The van der Waals surface area contributed by atoms with Crippen molar-refractivity contribution < 1.29 is 14.3 Å². The zero-order valence-electron chi connectivity index (χ0n) is 11.5. The smallest absolute Gasteiger partial charge is 0.411 e. The van der Waals surface area contributed by atoms with Gasteiger partial charge >= 0.3 is 6.09 Å². The van der Waals surface area contributed by atoms with Crippen LogP contribution in [0.4, 0.5) is 4.79 Å². The molecule has 4 nitrogen and oxygen atoms in total. The van der Waals surface area contributed by atoms with Gasteiger partial charge in [0.1, 0.15) is 0 Å². The van der Waals surface area contributed by atoms with Crippen molar-refractivity contribution in [2.75, 3.05) is 6.61 Å². The number of amides is 1. The molecule has 2 aliphatic rings. The van der Waals surface area contributed by atoms with Crippen LogP contribution in [0.1, 0.15) is 40.5 Å². The molecule has 0 saturated heterocycles. The number of fused-ring (bicyclic) bond motifs is 2. The third kappa shape index (κ3) is 1.58. The van der Waals surface area contributed by atoms with Crippen molar-refractivity contribution >= 4 is 11.9 Å². The third-order valence-corrected chi connectivity index (χ3v) is 4.99. The van der Waals surface area contributed by atoms with E-state index >= 15 is 0 Å². The molecule has 0 aliphatic heterocycles. The summed E-state index contributed by atoms with van der Waals surface area (Å²) in [5.74, 6) is 0.428. The summed E-state index contributed by atoms with van der Waals surface area (Å²) in [5, 5.41) is 2.55. The van der Waals surface area contributed by atoms with Gasteiger partial charge in [0.2, 0.25) is 0 Å². The lowest BCUT2D eigenvalue weighted by Gasteiger charge is -2.31. The number of carbonyl (C=O) groups excluding carboxylic acids is 2. The van der Waals surface area contributed by atoms with Gasteiger partial charge < -0.3 is 4.74 Å². The Kier molecular flexibility index (Phi) is 2.99. The molecule has 0 aromatic carbocycles. The van der Waals surface area contributed by atoms with Crippen LogP contribution in [0, 0.1) is 16.7 Å². The third-order valence-electron chi connectivity index (χ3n) is 4.99. The van der Waals surface area contributed by atoms with Gasteiger partial charge in [0.15, 0.2) is 5.78 Å². The minimum Gasteiger partial charge on any atom is -0.450 e. The van der Waals surface area contributed by atoms with Crippen LogP contribution in [0.3, 0.4) is 0 Å². The van der Waals surface area contributed by atoms with Crippen molar-refractivity contribution in [3.63, 3.8) is 0 Å². The van der Waals surface area contributed by atoms with Crippen molar-refractivity contribution in [3.8, 4) is 0 Å². The molecule has 1 amide bonds. The molecule has 0 aromatic rings. The fraction of sp³-hybridized carbons (Fsp3) is 0.714. The molecule has 0 spiro atoms. The second-order valence-electron chi connectivity index (χ2n) is 5.94. The molecule has 2 atom stereocenters. The fourth-order valence-electron chi connectivity index (χ4n) is 3.40. The Hall–Kier alpha value is -1.32. The quantitative estimate of drug-likeness (QED) is 0.768. The Morgan fingerprint density at radius 3 is 2.67 bits per heavy atom. The van der Waals surface area contributed by atoms with E-state index in [4.69, 9.17) is 4.74 Å². The second-order valence-corrected chi connectivity index (χ2v) is 5.94. The molecule has 4 heteroatoms. The van der Waals surface area contributed by atoms with Crippen LogP contribution in [0.25, 0.3) is 0 Å². The Bertz CT molecular complexity index is 425. The summed E-state index contributed by atoms with van der Waals surface area (Å²) in [6.45, 7) is 8.41. The maximum absolute atomic E-state index is 12.4. The lowest BCUT2D eigenvalue weighted by atomic mass is 9.70. The number of alkyl carbamates (subject to hydrolysis) is 1. The number of nitrogens with one attached hydrogen (secondary N) is 1. The van der Waals surface area contributed by atoms with E-state index in [1.54, 1.807) is 13.1 Å². The number of allylic oxidation sites excluding steroid dienone is 1. The Morgan fingerprint density at radius 2 is 2.17 bits per heavy atom. The molecule has 2 aliphatic carbocycles. The van der Waals surface area contributed by atoms with Crippen molar-refractivity contribution in [1.82, 2.24) is 5.32 Å². The molecule has 2 fully saturated rings. The van der Waals surface area contributed by atoms with Crippen LogP contribution in [-0.2, 0) is 9.53 Å². The molecule has 100 valence electrons. The van der Waals surface area contributed by atoms with Crippen molar-refractivity contribution in [3.05, 3.63) is 11.8 Å². The largest absolute Gasteiger partial charge is 0.450 e. The lowest BCUT2D eigenvalue weighted by molar-refractivity contribution is -0.125. The molecule has 2 rings (SSSR count). The maximum atomic E-state index is 12.4. The van der Waals surface area contributed by atoms with Gasteiger partial charge in [-0.25, -0.2) is 4.79 Å². The predicted octanol–water partition coefficient (Wildman–Crippen LogP) is 2.64. The highest BCUT2D eigenvalue weighted by molar-refractivity contribution is 6.04. The van der Waals surface area contributed by atoms with Gasteiger partial charge in [0.25, 0.3) is 0 Å². The zero-order chi connectivity index (χ0) is 13.6. The summed E-state index contributed by atoms with van der Waals surface area (Å²) in [7, 11) is 0. The molecule has 0 aromatic heterocycles. The Balaban J connectivity index is 2.20. The van der Waals surface area contributed by atoms with Crippen molar-refractivity contribution in [1.29, 1.82) is 0 Å². The SMILES string of the molecule is CCOC(=O)N/C=C1\C(=O)[C@@]2(C)CC[C@@H]1C2(C)C. The Labute approximate surface area is 108 Å². The van der Waals surface area contributed by atoms with Crippen LogP contribution in [0.5, 0.6) is 0 Å². The highest BCUT2D eigenvalue weighted by Gasteiger charge is 2.63. The topological polar surface area (TPSA) is 55.4 Å². The normalized spacial score (nSPS) is 35.0. The first-order valence-corrected chi connectivity index (χ1v) is 6.52. The number of hydrogen-bond acceptors (Lipinski definition) is 3. The first-order valence-electron chi connectivity index (χ1n) is 6.52. The minimum atomic E-state index is -0.497. The maximum Gasteiger partial charge on any atom is 0.411 e. The average molecular weight is 251 g/mol. The van der Waals surface area contributed by atoms with Crippen LogP contribution in [-0.4, -0.2) is 18.5 Å². The molecule has 0 unspecified atom stereocenters. The highest BCUT2D eigenvalue weighted by atomic mass is 16.5. The molecule has 0 heterocycles. The van der Waals surface area contributed by atoms with Crippen LogP contribution in [0.15, 0.2) is 11.8 Å². The summed E-state index contributed by atoms with van der Waals surface area (Å²) >= 11 is 0. The lowest BCUT2D eigenvalue weighted by Crippen LogP contribution is -2.32. The van der Waals surface area contributed by atoms with Crippen LogP contribution < -0.4 is 5.32 Å². The van der Waals surface area contributed by atoms with E-state index in [1.165, 1.54) is 0 Å². The average Bonchev–Trinajstić information content (AvgIpc) is 2.60. The molecule has 1 N–H and O–H groups in total. The standard InChI is InChI=1S/C14H21NO3/c1-5-18-12(17)15-8-9-10-6-7-14(4,11(9)16)13(10,2)3/h8,10H,5-7H2,1-4H3,(H,15,17)/b9-8-/t10-,14+/m0/s1. The number of Topliss-reactive ketones (excluding diaryl/α,β-unsaturated/α-hetero) is 1. The highest BCUT2D eigenvalue weighted by Crippen LogP contribution is 2.65. The summed E-state index contributed by atoms with van der Waals surface area (Å²) in [5.41, 5.74) is 0.452. The molecule has 0 radical (unpaired) electrons. The zero-order valence-corrected chi connectivity index (χ0v) is 11.5. The summed E-state index contributed by atoms with van der Waals surface area (Å²) in [4.78, 5) is 23.7. The number of carbonyl (C=O) groups is 2. The minimum absolute atomic E-state index is 0.0216. The molecule has 18 heavy (non-hydrogen) atoms. The number of ether oxygens (including phenoxy) is 1. The van der Waals surface area contributed by atoms with E-state index in [1.807, 2.05) is 6.92 Å². The van der Waals surface area contributed by atoms with E-state index in [-0.39, 0.29) is 22.5 Å². The number of hydrogen-bond donors (Lipinski definition) is 1. The van der Waals surface area contributed by atoms with Gasteiger partial charge in [-0.05, 0) is 31.1 Å². The fourth-order valence-corrected chi connectivity index (χ4v) is 3.40. The van der Waals surface area contributed by atoms with E-state index in [0.29, 0.717) is 6.61 Å². The van der Waals surface area contributed by atoms with Gasteiger partial charge in [-0.2, -0.15) is 0 Å². The van der Waals surface area contributed by atoms with Crippen molar-refractivity contribution in [2.24, 2.45) is 16.7 Å². The first-order chi connectivity index (χ1) is 8.34. The van der Waals surface area contributed by atoms with Gasteiger partial charge in [0, 0.05) is 17.2 Å². The molecular weight excluding hydrogens is 230 g/mol. The Morgan fingerprint density at radius 1 is 1.50 bits per heavy atom. The van der Waals surface area contributed by atoms with Gasteiger partial charge in [-0.15, -0.1) is 0 Å². The molecule has 2 saturated carbocycles. The summed E-state index contributed by atoms with van der Waals surface area (Å²) < 4.78 is 4.79. The molecule has 2 bridgehead atoms. The first kappa shape index (κ1) is 13.1. The number of ketones is 1. The van der Waals surface area contributed by atoms with Gasteiger partial charge in [0.05, 0.1) is 6.61 Å². The predicted molar refractivity (Wildman–Crippen MR) is 67.9 cm³/mol. The van der Waals surface area contributed by atoms with Crippen LogP contribution in [0.2, 0.25) is 0 Å². The van der Waals surface area contributed by atoms with Crippen LogP contribution >= 0.6 is 0 Å². The van der Waals surface area contributed by atoms with E-state index in [0.717, 1.165) is 18.4 Å². The van der Waals surface area contributed by atoms with E-state index < -0.39 is 6.09 Å². The molecular formula is C14H21NO3. The van der Waals surface area contributed by atoms with Gasteiger partial charge in [-0.3, -0.25) is 10.1 Å². The van der Waals surface area contributed by atoms with E-state index in [9.17, 15) is 9.59 Å². The summed E-state index contributed by atoms with van der Waals surface area (Å²) in [6, 6.07) is 0. The number of rotatable bonds is 2. The monoisotopic (exact) mass is 251 g/mol. The second kappa shape index (κ2) is 4.11.